The van der Waals surface area contributed by atoms with Crippen LogP contribution >= 0.6 is 0 Å². The molecule has 2 N–H and O–H groups in total. The molecule has 0 amide bonds. The number of aryl methyl sites for hydroxylation is 1. The van der Waals surface area contributed by atoms with Gasteiger partial charge in [-0.3, -0.25) is 4.68 Å². The van der Waals surface area contributed by atoms with Gasteiger partial charge in [0.15, 0.2) is 0 Å². The molecule has 0 saturated heterocycles. The van der Waals surface area contributed by atoms with Gasteiger partial charge in [0.2, 0.25) is 0 Å². The van der Waals surface area contributed by atoms with Crippen LogP contribution in [-0.2, 0) is 6.54 Å². The van der Waals surface area contributed by atoms with Crippen molar-refractivity contribution < 1.29 is 14.6 Å². The van der Waals surface area contributed by atoms with E-state index in [1.807, 2.05) is 30.1 Å². The van der Waals surface area contributed by atoms with Gasteiger partial charge in [-0.2, -0.15) is 5.10 Å². The van der Waals surface area contributed by atoms with Gasteiger partial charge in [0.25, 0.3) is 0 Å². The molecule has 0 bridgehead atoms. The Morgan fingerprint density at radius 1 is 1.32 bits per heavy atom. The van der Waals surface area contributed by atoms with Crippen molar-refractivity contribution in [3.8, 4) is 11.5 Å². The molecule has 0 radical (unpaired) electrons. The third kappa shape index (κ3) is 4.22. The monoisotopic (exact) mass is 305 g/mol. The summed E-state index contributed by atoms with van der Waals surface area (Å²) in [5.74, 6) is 1.35. The maximum absolute atomic E-state index is 10.3. The normalized spacial score (nSPS) is 12.2. The van der Waals surface area contributed by atoms with E-state index >= 15 is 0 Å². The van der Waals surface area contributed by atoms with Crippen LogP contribution < -0.4 is 14.8 Å². The number of nitrogens with zero attached hydrogens (tertiary/aromatic N) is 2. The van der Waals surface area contributed by atoms with Crippen molar-refractivity contribution >= 4 is 0 Å². The Kier molecular flexibility index (Phi) is 5.80. The highest BCUT2D eigenvalue weighted by molar-refractivity contribution is 5.41. The zero-order valence-electron chi connectivity index (χ0n) is 13.2. The van der Waals surface area contributed by atoms with E-state index in [1.165, 1.54) is 0 Å². The van der Waals surface area contributed by atoms with E-state index in [-0.39, 0.29) is 0 Å². The van der Waals surface area contributed by atoms with Gasteiger partial charge in [-0.05, 0) is 30.7 Å². The molecule has 22 heavy (non-hydrogen) atoms. The summed E-state index contributed by atoms with van der Waals surface area (Å²) in [4.78, 5) is 0. The Labute approximate surface area is 130 Å². The van der Waals surface area contributed by atoms with Crippen molar-refractivity contribution in [2.45, 2.75) is 19.6 Å². The van der Waals surface area contributed by atoms with Gasteiger partial charge in [-0.15, -0.1) is 0 Å². The van der Waals surface area contributed by atoms with Crippen LogP contribution in [0.1, 0.15) is 17.2 Å². The second-order valence-corrected chi connectivity index (χ2v) is 5.11. The minimum absolute atomic E-state index is 0.434. The first-order valence-corrected chi connectivity index (χ1v) is 7.23. The molecule has 1 aromatic heterocycles. The predicted molar refractivity (Wildman–Crippen MR) is 84.3 cm³/mol. The van der Waals surface area contributed by atoms with Gasteiger partial charge in [0.1, 0.15) is 11.5 Å². The van der Waals surface area contributed by atoms with E-state index in [2.05, 4.69) is 10.4 Å². The van der Waals surface area contributed by atoms with E-state index in [0.717, 1.165) is 18.7 Å². The Balaban J connectivity index is 1.87. The lowest BCUT2D eigenvalue weighted by molar-refractivity contribution is 0.169. The van der Waals surface area contributed by atoms with E-state index in [4.69, 9.17) is 9.47 Å². The molecule has 6 nitrogen and oxygen atoms in total. The first-order valence-electron chi connectivity index (χ1n) is 7.23. The van der Waals surface area contributed by atoms with Crippen molar-refractivity contribution in [3.05, 3.63) is 41.7 Å². The third-order valence-corrected chi connectivity index (χ3v) is 3.41. The van der Waals surface area contributed by atoms with Crippen molar-refractivity contribution in [2.75, 3.05) is 27.3 Å². The molecule has 120 valence electrons. The number of rotatable bonds is 8. The highest BCUT2D eigenvalue weighted by atomic mass is 16.5. The lowest BCUT2D eigenvalue weighted by Crippen LogP contribution is -2.25. The smallest absolute Gasteiger partial charge is 0.124 e. The largest absolute Gasteiger partial charge is 0.497 e. The lowest BCUT2D eigenvalue weighted by atomic mass is 10.1. The zero-order valence-corrected chi connectivity index (χ0v) is 13.2. The molecule has 6 heteroatoms. The molecule has 1 aromatic carbocycles. The van der Waals surface area contributed by atoms with E-state index in [1.54, 1.807) is 26.4 Å². The molecule has 2 aromatic rings. The maximum Gasteiger partial charge on any atom is 0.124 e. The molecule has 2 rings (SSSR count). The van der Waals surface area contributed by atoms with Crippen molar-refractivity contribution in [1.82, 2.24) is 15.1 Å². The molecule has 1 heterocycles. The molecular formula is C16H23N3O3. The summed E-state index contributed by atoms with van der Waals surface area (Å²) in [6, 6.07) is 5.40. The number of hydrogen-bond donors (Lipinski definition) is 2. The quantitative estimate of drug-likeness (QED) is 0.724. The third-order valence-electron chi connectivity index (χ3n) is 3.41. The minimum Gasteiger partial charge on any atom is -0.497 e. The summed E-state index contributed by atoms with van der Waals surface area (Å²) in [6.45, 7) is 3.93. The van der Waals surface area contributed by atoms with E-state index in [9.17, 15) is 5.11 Å². The summed E-state index contributed by atoms with van der Waals surface area (Å²) in [7, 11) is 3.19. The Bertz CT molecular complexity index is 598. The van der Waals surface area contributed by atoms with Gasteiger partial charge in [-0.1, -0.05) is 0 Å². The number of aromatic nitrogens is 2. The summed E-state index contributed by atoms with van der Waals surface area (Å²) in [5, 5.41) is 17.8. The topological polar surface area (TPSA) is 68.5 Å². The molecule has 0 fully saturated rings. The highest BCUT2D eigenvalue weighted by Crippen LogP contribution is 2.28. The van der Waals surface area contributed by atoms with Crippen LogP contribution in [0.3, 0.4) is 0 Å². The molecule has 0 aliphatic carbocycles. The fourth-order valence-electron chi connectivity index (χ4n) is 2.23. The number of methoxy groups -OCH3 is 2. The fourth-order valence-corrected chi connectivity index (χ4v) is 2.23. The molecule has 0 aliphatic rings. The highest BCUT2D eigenvalue weighted by Gasteiger charge is 2.14. The molecule has 0 saturated carbocycles. The number of hydrogen-bond acceptors (Lipinski definition) is 5. The standard InChI is InChI=1S/C16H23N3O3/c1-12-9-18-19(11-12)7-6-17-10-15(20)14-8-13(21-2)4-5-16(14)22-3/h4-5,8-9,11,15,17,20H,6-7,10H2,1-3H3. The first kappa shape index (κ1) is 16.3. The number of aliphatic hydroxyl groups excluding tert-OH is 1. The first-order chi connectivity index (χ1) is 10.6. The van der Waals surface area contributed by atoms with Gasteiger partial charge < -0.3 is 19.9 Å². The number of benzene rings is 1. The fraction of sp³-hybridized carbons (Fsp3) is 0.438. The van der Waals surface area contributed by atoms with Crippen molar-refractivity contribution in [2.24, 2.45) is 0 Å². The Hall–Kier alpha value is -2.05. The molecule has 1 unspecified atom stereocenters. The van der Waals surface area contributed by atoms with Crippen molar-refractivity contribution in [1.29, 1.82) is 0 Å². The molecular weight excluding hydrogens is 282 g/mol. The van der Waals surface area contributed by atoms with Crippen LogP contribution in [0.2, 0.25) is 0 Å². The van der Waals surface area contributed by atoms with E-state index < -0.39 is 6.10 Å². The second-order valence-electron chi connectivity index (χ2n) is 5.11. The average Bonchev–Trinajstić information content (AvgIpc) is 2.96. The Morgan fingerprint density at radius 3 is 2.77 bits per heavy atom. The van der Waals surface area contributed by atoms with Crippen LogP contribution in [0.15, 0.2) is 30.6 Å². The van der Waals surface area contributed by atoms with Gasteiger partial charge in [0, 0.05) is 24.8 Å². The number of aliphatic hydroxyl groups is 1. The summed E-state index contributed by atoms with van der Waals surface area (Å²) in [6.07, 6.45) is 3.16. The Morgan fingerprint density at radius 2 is 2.14 bits per heavy atom. The lowest BCUT2D eigenvalue weighted by Gasteiger charge is -2.16. The zero-order chi connectivity index (χ0) is 15.9. The summed E-state index contributed by atoms with van der Waals surface area (Å²) < 4.78 is 12.4. The van der Waals surface area contributed by atoms with Crippen LogP contribution in [-0.4, -0.2) is 42.2 Å². The predicted octanol–water partition coefficient (Wildman–Crippen LogP) is 1.53. The van der Waals surface area contributed by atoms with Crippen LogP contribution in [0.25, 0.3) is 0 Å². The summed E-state index contributed by atoms with van der Waals surface area (Å²) in [5.41, 5.74) is 1.85. The van der Waals surface area contributed by atoms with Crippen molar-refractivity contribution in [3.63, 3.8) is 0 Å². The minimum atomic E-state index is -0.663. The SMILES string of the molecule is COc1ccc(OC)c(C(O)CNCCn2cc(C)cn2)c1. The number of nitrogens with one attached hydrogen (secondary N) is 1. The maximum atomic E-state index is 10.3. The molecule has 0 spiro atoms. The summed E-state index contributed by atoms with van der Waals surface area (Å²) >= 11 is 0. The molecule has 1 atom stereocenters. The van der Waals surface area contributed by atoms with Gasteiger partial charge in [0.05, 0.1) is 33.1 Å². The van der Waals surface area contributed by atoms with Gasteiger partial charge >= 0.3 is 0 Å². The van der Waals surface area contributed by atoms with Gasteiger partial charge in [-0.25, -0.2) is 0 Å². The number of ether oxygens (including phenoxy) is 2. The van der Waals surface area contributed by atoms with Crippen LogP contribution in [0.5, 0.6) is 11.5 Å². The average molecular weight is 305 g/mol. The second kappa shape index (κ2) is 7.82. The molecule has 0 aliphatic heterocycles. The van der Waals surface area contributed by atoms with Crippen LogP contribution in [0, 0.1) is 6.92 Å². The van der Waals surface area contributed by atoms with E-state index in [0.29, 0.717) is 23.6 Å². The van der Waals surface area contributed by atoms with Crippen LogP contribution in [0.4, 0.5) is 0 Å².